The molecule has 5 aliphatic rings. The highest BCUT2D eigenvalue weighted by Crippen LogP contribution is 2.62. The quantitative estimate of drug-likeness (QED) is 0.0554. The average Bonchev–Trinajstić information content (AvgIpc) is 4.15. The summed E-state index contributed by atoms with van der Waals surface area (Å²) in [7, 11) is 0. The van der Waals surface area contributed by atoms with Gasteiger partial charge in [-0.3, -0.25) is 4.79 Å². The Morgan fingerprint density at radius 3 is 2.50 bits per heavy atom. The number of aliphatic hydroxyl groups is 3. The van der Waals surface area contributed by atoms with Crippen molar-refractivity contribution in [2.45, 2.75) is 108 Å². The van der Waals surface area contributed by atoms with Gasteiger partial charge in [-0.1, -0.05) is 60.5 Å². The van der Waals surface area contributed by atoms with Gasteiger partial charge in [0.05, 0.1) is 44.7 Å². The number of fused-ring (bicyclic) bond motifs is 2. The van der Waals surface area contributed by atoms with Gasteiger partial charge in [-0.2, -0.15) is 0 Å². The van der Waals surface area contributed by atoms with Crippen molar-refractivity contribution in [3.63, 3.8) is 0 Å². The first-order valence-corrected chi connectivity index (χ1v) is 22.7. The molecule has 338 valence electrons. The molecule has 3 aliphatic carbocycles. The van der Waals surface area contributed by atoms with E-state index in [0.717, 1.165) is 68.1 Å². The first-order valence-electron chi connectivity index (χ1n) is 22.7. The summed E-state index contributed by atoms with van der Waals surface area (Å²) in [5, 5.41) is 37.2. The fraction of sp³-hybridized carbons (Fsp3) is 0.604. The van der Waals surface area contributed by atoms with E-state index in [9.17, 15) is 24.9 Å². The fourth-order valence-corrected chi connectivity index (χ4v) is 9.86. The Morgan fingerprint density at radius 1 is 0.968 bits per heavy atom. The van der Waals surface area contributed by atoms with Crippen LogP contribution >= 0.6 is 0 Å². The molecule has 0 spiro atoms. The van der Waals surface area contributed by atoms with E-state index >= 15 is 0 Å². The molecule has 2 saturated carbocycles. The zero-order valence-electron chi connectivity index (χ0n) is 35.9. The molecule has 2 amide bonds. The Labute approximate surface area is 365 Å². The van der Waals surface area contributed by atoms with Gasteiger partial charge in [0.25, 0.3) is 0 Å². The smallest absolute Gasteiger partial charge is 0.412 e. The van der Waals surface area contributed by atoms with Crippen LogP contribution in [0.5, 0.6) is 11.5 Å². The van der Waals surface area contributed by atoms with E-state index in [1.165, 1.54) is 0 Å². The number of hydrogen-bond donors (Lipinski definition) is 4. The highest BCUT2D eigenvalue weighted by molar-refractivity contribution is 6.03. The highest BCUT2D eigenvalue weighted by atomic mass is 16.8. The number of carbonyl (C=O) groups is 2. The Bertz CT molecular complexity index is 1850. The minimum absolute atomic E-state index is 0.00595. The lowest BCUT2D eigenvalue weighted by Crippen LogP contribution is -2.70. The van der Waals surface area contributed by atoms with Crippen molar-refractivity contribution in [1.82, 2.24) is 10.2 Å². The first kappa shape index (κ1) is 45.7. The van der Waals surface area contributed by atoms with E-state index in [1.54, 1.807) is 12.1 Å². The first-order chi connectivity index (χ1) is 30.4. The van der Waals surface area contributed by atoms with Gasteiger partial charge < -0.3 is 54.1 Å². The van der Waals surface area contributed by atoms with E-state index in [2.05, 4.69) is 18.0 Å². The number of aliphatic hydroxyl groups excluding tert-OH is 3. The molecule has 7 rings (SSSR count). The van der Waals surface area contributed by atoms with Gasteiger partial charge in [0.1, 0.15) is 17.5 Å². The van der Waals surface area contributed by atoms with Crippen molar-refractivity contribution in [2.75, 3.05) is 52.8 Å². The second kappa shape index (κ2) is 22.4. The van der Waals surface area contributed by atoms with Crippen molar-refractivity contribution in [3.05, 3.63) is 84.0 Å². The molecular formula is C48H65N3O11. The monoisotopic (exact) mass is 859 g/mol. The van der Waals surface area contributed by atoms with E-state index in [1.807, 2.05) is 47.4 Å². The molecule has 0 bridgehead atoms. The van der Waals surface area contributed by atoms with E-state index in [-0.39, 0.29) is 82.2 Å². The SMILES string of the molecule is C=CCOC12Oc3ccc(OC(=O)NCc4ccccc4)cc3C3C(CCCCO)C(CCCCO)C=C(C(=NOC4CCCCO4)CC1N(CCOCCO)C(=O)C1CC1)C32. The number of carbonyl (C=O) groups excluding carboxylic acids is 2. The number of unbranched alkanes of at least 4 members (excludes halogenated alkanes) is 2. The van der Waals surface area contributed by atoms with E-state index in [0.29, 0.717) is 49.6 Å². The standard InChI is InChI=1S/C48H65N3O11/c1-2-25-59-48-42(51(21-27-57-28-24-54)46(55)34-17-18-34)31-40(50-62-43-16-8-11-26-58-43)38-29-35(14-6-9-22-52)37(15-7-10-23-53)44(45(38)48)39-30-36(19-20-41(39)61-48)60-47(56)49-32-33-12-4-3-5-13-33/h2-5,12-13,19-20,29-30,34-35,37,42-45,52-54H,1,6-11,14-18,21-28,31-32H2,(H,49,56). The number of ether oxygens (including phenoxy) is 5. The Hall–Kier alpha value is -4.31. The van der Waals surface area contributed by atoms with Crippen LogP contribution in [0.25, 0.3) is 0 Å². The molecule has 14 nitrogen and oxygen atoms in total. The molecular weight excluding hydrogens is 795 g/mol. The molecule has 7 unspecified atom stereocenters. The lowest BCUT2D eigenvalue weighted by Gasteiger charge is -2.60. The summed E-state index contributed by atoms with van der Waals surface area (Å²) in [4.78, 5) is 35.9. The van der Waals surface area contributed by atoms with Crippen LogP contribution < -0.4 is 14.8 Å². The highest BCUT2D eigenvalue weighted by Gasteiger charge is 2.66. The molecule has 4 N–H and O–H groups in total. The van der Waals surface area contributed by atoms with E-state index in [4.69, 9.17) is 33.7 Å². The van der Waals surface area contributed by atoms with Crippen LogP contribution in [0.1, 0.15) is 94.1 Å². The number of allylic oxidation sites excluding steroid dienone is 1. The third kappa shape index (κ3) is 10.9. The van der Waals surface area contributed by atoms with Crippen LogP contribution in [0.3, 0.4) is 0 Å². The Kier molecular flexibility index (Phi) is 16.5. The summed E-state index contributed by atoms with van der Waals surface area (Å²) in [5.41, 5.74) is 3.38. The van der Waals surface area contributed by atoms with Crippen LogP contribution in [-0.4, -0.2) is 109 Å². The third-order valence-corrected chi connectivity index (χ3v) is 12.9. The molecule has 2 aliphatic heterocycles. The van der Waals surface area contributed by atoms with Crippen LogP contribution in [0.15, 0.2) is 78.0 Å². The number of nitrogens with zero attached hydrogens (tertiary/aromatic N) is 2. The minimum atomic E-state index is -1.43. The zero-order chi connectivity index (χ0) is 43.3. The van der Waals surface area contributed by atoms with Crippen molar-refractivity contribution >= 4 is 17.7 Å². The summed E-state index contributed by atoms with van der Waals surface area (Å²) in [5.74, 6) is -1.46. The van der Waals surface area contributed by atoms with Crippen LogP contribution in [-0.2, 0) is 30.4 Å². The van der Waals surface area contributed by atoms with E-state index < -0.39 is 30.1 Å². The van der Waals surface area contributed by atoms with Gasteiger partial charge in [0, 0.05) is 56.5 Å². The summed E-state index contributed by atoms with van der Waals surface area (Å²) in [6.45, 7) is 5.63. The topological polar surface area (TPSA) is 178 Å². The molecule has 62 heavy (non-hydrogen) atoms. The number of oxime groups is 1. The number of rotatable bonds is 23. The van der Waals surface area contributed by atoms with Crippen LogP contribution in [0.4, 0.5) is 4.79 Å². The average molecular weight is 860 g/mol. The molecule has 3 fully saturated rings. The van der Waals surface area contributed by atoms with Gasteiger partial charge in [-0.15, -0.1) is 6.58 Å². The second-order valence-corrected chi connectivity index (χ2v) is 17.0. The number of amides is 2. The maximum Gasteiger partial charge on any atom is 0.412 e. The lowest BCUT2D eigenvalue weighted by atomic mass is 9.55. The Morgan fingerprint density at radius 2 is 1.77 bits per heavy atom. The second-order valence-electron chi connectivity index (χ2n) is 17.0. The maximum absolute atomic E-state index is 14.6. The predicted octanol–water partition coefficient (Wildman–Crippen LogP) is 6.38. The molecule has 2 aromatic carbocycles. The van der Waals surface area contributed by atoms with Crippen LogP contribution in [0.2, 0.25) is 0 Å². The third-order valence-electron chi connectivity index (χ3n) is 12.9. The van der Waals surface area contributed by atoms with Gasteiger partial charge in [-0.25, -0.2) is 4.79 Å². The minimum Gasteiger partial charge on any atom is -0.459 e. The Balaban J connectivity index is 1.37. The molecule has 2 heterocycles. The fourth-order valence-electron chi connectivity index (χ4n) is 9.86. The summed E-state index contributed by atoms with van der Waals surface area (Å²) in [6, 6.07) is 14.4. The van der Waals surface area contributed by atoms with Crippen molar-refractivity contribution in [3.8, 4) is 11.5 Å². The van der Waals surface area contributed by atoms with Gasteiger partial charge >= 0.3 is 6.09 Å². The maximum atomic E-state index is 14.6. The normalized spacial score (nSPS) is 27.0. The molecule has 2 aromatic rings. The number of benzene rings is 2. The summed E-state index contributed by atoms with van der Waals surface area (Å²) >= 11 is 0. The van der Waals surface area contributed by atoms with Gasteiger partial charge in [-0.05, 0) is 92.5 Å². The molecule has 0 radical (unpaired) electrons. The number of nitrogens with one attached hydrogen (secondary N) is 1. The molecule has 14 heteroatoms. The lowest BCUT2D eigenvalue weighted by molar-refractivity contribution is -0.258. The number of hydrogen-bond acceptors (Lipinski definition) is 12. The van der Waals surface area contributed by atoms with Crippen LogP contribution in [0, 0.1) is 23.7 Å². The van der Waals surface area contributed by atoms with Crippen molar-refractivity contribution in [1.29, 1.82) is 0 Å². The van der Waals surface area contributed by atoms with Gasteiger partial charge in [0.2, 0.25) is 18.0 Å². The largest absolute Gasteiger partial charge is 0.459 e. The molecule has 1 saturated heterocycles. The molecule has 7 atom stereocenters. The van der Waals surface area contributed by atoms with Crippen molar-refractivity contribution in [2.24, 2.45) is 28.8 Å². The van der Waals surface area contributed by atoms with Gasteiger partial charge in [0.15, 0.2) is 0 Å². The zero-order valence-corrected chi connectivity index (χ0v) is 35.9. The van der Waals surface area contributed by atoms with Crippen molar-refractivity contribution < 1.29 is 53.4 Å². The predicted molar refractivity (Wildman–Crippen MR) is 231 cm³/mol. The summed E-state index contributed by atoms with van der Waals surface area (Å²) in [6.07, 6.45) is 11.8. The summed E-state index contributed by atoms with van der Waals surface area (Å²) < 4.78 is 32.1. The molecule has 0 aromatic heterocycles.